The van der Waals surface area contributed by atoms with E-state index in [2.05, 4.69) is 14.9 Å². The molecule has 8 nitrogen and oxygen atoms in total. The van der Waals surface area contributed by atoms with Crippen LogP contribution in [0, 0.1) is 0 Å². The van der Waals surface area contributed by atoms with Crippen LogP contribution in [0.2, 0.25) is 10.0 Å². The number of benzene rings is 2. The van der Waals surface area contributed by atoms with Crippen molar-refractivity contribution >= 4 is 56.7 Å². The monoisotopic (exact) mass is 499 g/mol. The number of rotatable bonds is 5. The summed E-state index contributed by atoms with van der Waals surface area (Å²) in [5, 5.41) is 1.85. The number of ether oxygens (including phenoxy) is 1. The fourth-order valence-electron chi connectivity index (χ4n) is 4.43. The van der Waals surface area contributed by atoms with Crippen molar-refractivity contribution in [3.8, 4) is 5.75 Å². The quantitative estimate of drug-likeness (QED) is 0.449. The Hall–Kier alpha value is -3.23. The van der Waals surface area contributed by atoms with Crippen LogP contribution in [0.15, 0.2) is 47.5 Å². The van der Waals surface area contributed by atoms with E-state index in [1.165, 1.54) is 0 Å². The fourth-order valence-corrected chi connectivity index (χ4v) is 4.85. The molecular weight excluding hydrogens is 477 g/mol. The van der Waals surface area contributed by atoms with E-state index in [-0.39, 0.29) is 17.9 Å². The molecule has 176 valence electrons. The van der Waals surface area contributed by atoms with Crippen molar-refractivity contribution in [3.63, 3.8) is 0 Å². The number of nitrogens with one attached hydrogen (secondary N) is 1. The molecule has 5 rings (SSSR count). The van der Waals surface area contributed by atoms with Crippen molar-refractivity contribution in [1.82, 2.24) is 19.4 Å². The first-order valence-corrected chi connectivity index (χ1v) is 11.7. The Morgan fingerprint density at radius 1 is 1.15 bits per heavy atom. The van der Waals surface area contributed by atoms with Crippen molar-refractivity contribution in [2.24, 2.45) is 0 Å². The molecule has 0 bridgehead atoms. The smallest absolute Gasteiger partial charge is 0.274 e. The molecular formula is C24H23Cl2N5O3. The summed E-state index contributed by atoms with van der Waals surface area (Å²) in [7, 11) is 1.59. The van der Waals surface area contributed by atoms with Crippen molar-refractivity contribution in [2.75, 3.05) is 38.2 Å². The van der Waals surface area contributed by atoms with E-state index in [4.69, 9.17) is 27.9 Å². The SMILES string of the molecule is COc1ccc2[nH]c(=O)c3c(ncn3CCC(=O)N3CCN(c4cccc(Cl)c4Cl)CC3)c2c1. The molecule has 10 heteroatoms. The maximum atomic E-state index is 12.9. The number of amides is 1. The van der Waals surface area contributed by atoms with Gasteiger partial charge >= 0.3 is 0 Å². The van der Waals surface area contributed by atoms with Gasteiger partial charge in [0.05, 0.1) is 34.7 Å². The number of imidazole rings is 1. The van der Waals surface area contributed by atoms with Crippen LogP contribution in [-0.4, -0.2) is 58.6 Å². The molecule has 34 heavy (non-hydrogen) atoms. The second kappa shape index (κ2) is 9.19. The van der Waals surface area contributed by atoms with E-state index in [9.17, 15) is 9.59 Å². The third kappa shape index (κ3) is 4.08. The minimum absolute atomic E-state index is 0.0394. The molecule has 0 atom stereocenters. The third-order valence-corrected chi connectivity index (χ3v) is 7.06. The average Bonchev–Trinajstić information content (AvgIpc) is 3.29. The predicted molar refractivity (Wildman–Crippen MR) is 134 cm³/mol. The lowest BCUT2D eigenvalue weighted by Crippen LogP contribution is -2.49. The van der Waals surface area contributed by atoms with Gasteiger partial charge in [-0.15, -0.1) is 0 Å². The second-order valence-electron chi connectivity index (χ2n) is 8.19. The van der Waals surface area contributed by atoms with E-state index in [0.717, 1.165) is 11.1 Å². The lowest BCUT2D eigenvalue weighted by molar-refractivity contribution is -0.131. The van der Waals surface area contributed by atoms with Crippen LogP contribution in [-0.2, 0) is 11.3 Å². The Labute approximate surface area is 205 Å². The number of carbonyl (C=O) groups excluding carboxylic acids is 1. The Kier molecular flexibility index (Phi) is 6.10. The highest BCUT2D eigenvalue weighted by Crippen LogP contribution is 2.33. The molecule has 0 saturated carbocycles. The molecule has 2 aromatic carbocycles. The van der Waals surface area contributed by atoms with E-state index in [0.29, 0.717) is 65.1 Å². The number of nitrogens with zero attached hydrogens (tertiary/aromatic N) is 4. The summed E-state index contributed by atoms with van der Waals surface area (Å²) in [5.74, 6) is 0.723. The highest BCUT2D eigenvalue weighted by molar-refractivity contribution is 6.43. The number of aromatic amines is 1. The van der Waals surface area contributed by atoms with Crippen LogP contribution in [0.25, 0.3) is 21.9 Å². The van der Waals surface area contributed by atoms with Gasteiger partial charge in [-0.3, -0.25) is 9.59 Å². The predicted octanol–water partition coefficient (Wildman–Crippen LogP) is 3.93. The van der Waals surface area contributed by atoms with Crippen LogP contribution >= 0.6 is 23.2 Å². The van der Waals surface area contributed by atoms with Gasteiger partial charge in [0.1, 0.15) is 16.8 Å². The minimum Gasteiger partial charge on any atom is -0.497 e. The Bertz CT molecular complexity index is 1440. The number of hydrogen-bond donors (Lipinski definition) is 1. The van der Waals surface area contributed by atoms with Crippen LogP contribution in [0.3, 0.4) is 0 Å². The summed E-state index contributed by atoms with van der Waals surface area (Å²) in [6.07, 6.45) is 1.89. The van der Waals surface area contributed by atoms with Gasteiger partial charge in [0, 0.05) is 44.5 Å². The van der Waals surface area contributed by atoms with Crippen LogP contribution in [0.5, 0.6) is 5.75 Å². The summed E-state index contributed by atoms with van der Waals surface area (Å²) in [6.45, 7) is 2.91. The van der Waals surface area contributed by atoms with Crippen LogP contribution < -0.4 is 15.2 Å². The van der Waals surface area contributed by atoms with Crippen molar-refractivity contribution in [3.05, 3.63) is 63.1 Å². The Balaban J connectivity index is 1.28. The molecule has 2 aromatic heterocycles. The second-order valence-corrected chi connectivity index (χ2v) is 8.98. The molecule has 0 radical (unpaired) electrons. The van der Waals surface area contributed by atoms with Gasteiger partial charge < -0.3 is 24.1 Å². The standard InChI is InChI=1S/C24H23Cl2N5O3/c1-34-15-5-6-18-16(13-15)22-23(24(33)28-18)31(14-27-22)8-7-20(32)30-11-9-29(10-12-30)19-4-2-3-17(25)21(19)26/h2-6,13-14H,7-12H2,1H3,(H,28,33). The Morgan fingerprint density at radius 2 is 1.94 bits per heavy atom. The van der Waals surface area contributed by atoms with Crippen LogP contribution in [0.1, 0.15) is 6.42 Å². The highest BCUT2D eigenvalue weighted by Gasteiger charge is 2.23. The summed E-state index contributed by atoms with van der Waals surface area (Å²) < 4.78 is 7.05. The number of pyridine rings is 1. The summed E-state index contributed by atoms with van der Waals surface area (Å²) >= 11 is 12.5. The number of H-pyrrole nitrogens is 1. The zero-order chi connectivity index (χ0) is 23.8. The number of piperazine rings is 1. The molecule has 1 saturated heterocycles. The molecule has 1 amide bonds. The van der Waals surface area contributed by atoms with Gasteiger partial charge in [-0.2, -0.15) is 0 Å². The number of fused-ring (bicyclic) bond motifs is 3. The van der Waals surface area contributed by atoms with Gasteiger partial charge in [-0.05, 0) is 30.3 Å². The molecule has 0 aliphatic carbocycles. The lowest BCUT2D eigenvalue weighted by atomic mass is 10.2. The van der Waals surface area contributed by atoms with E-state index < -0.39 is 0 Å². The number of halogens is 2. The van der Waals surface area contributed by atoms with E-state index in [1.807, 2.05) is 23.1 Å². The van der Waals surface area contributed by atoms with Gasteiger partial charge in [-0.25, -0.2) is 4.98 Å². The van der Waals surface area contributed by atoms with Crippen molar-refractivity contribution in [2.45, 2.75) is 13.0 Å². The zero-order valence-corrected chi connectivity index (χ0v) is 20.1. The summed E-state index contributed by atoms with van der Waals surface area (Å²) in [5.41, 5.74) is 2.39. The zero-order valence-electron chi connectivity index (χ0n) is 18.6. The highest BCUT2D eigenvalue weighted by atomic mass is 35.5. The number of carbonyl (C=O) groups is 1. The van der Waals surface area contributed by atoms with Gasteiger partial charge in [-0.1, -0.05) is 29.3 Å². The molecule has 1 N–H and O–H groups in total. The first kappa shape index (κ1) is 22.6. The first-order chi connectivity index (χ1) is 16.5. The summed E-state index contributed by atoms with van der Waals surface area (Å²) in [4.78, 5) is 37.0. The maximum absolute atomic E-state index is 12.9. The molecule has 1 fully saturated rings. The molecule has 1 aliphatic heterocycles. The van der Waals surface area contributed by atoms with Gasteiger partial charge in [0.15, 0.2) is 0 Å². The van der Waals surface area contributed by atoms with E-state index >= 15 is 0 Å². The molecule has 3 heterocycles. The number of anilines is 1. The lowest BCUT2D eigenvalue weighted by Gasteiger charge is -2.36. The molecule has 4 aromatic rings. The topological polar surface area (TPSA) is 83.5 Å². The van der Waals surface area contributed by atoms with Crippen LogP contribution in [0.4, 0.5) is 5.69 Å². The maximum Gasteiger partial charge on any atom is 0.274 e. The van der Waals surface area contributed by atoms with E-state index in [1.54, 1.807) is 36.2 Å². The number of hydrogen-bond acceptors (Lipinski definition) is 5. The minimum atomic E-state index is -0.232. The average molecular weight is 500 g/mol. The normalized spacial score (nSPS) is 14.2. The van der Waals surface area contributed by atoms with Crippen molar-refractivity contribution < 1.29 is 9.53 Å². The molecule has 1 aliphatic rings. The summed E-state index contributed by atoms with van der Waals surface area (Å²) in [6, 6.07) is 11.0. The number of aromatic nitrogens is 3. The number of methoxy groups -OCH3 is 1. The third-order valence-electron chi connectivity index (χ3n) is 6.25. The van der Waals surface area contributed by atoms with Gasteiger partial charge in [0.2, 0.25) is 5.91 Å². The fraction of sp³-hybridized carbons (Fsp3) is 0.292. The Morgan fingerprint density at radius 3 is 2.71 bits per heavy atom. The largest absolute Gasteiger partial charge is 0.497 e. The van der Waals surface area contributed by atoms with Gasteiger partial charge in [0.25, 0.3) is 5.56 Å². The molecule has 0 unspecified atom stereocenters. The molecule has 0 spiro atoms. The number of aryl methyl sites for hydroxylation is 1. The van der Waals surface area contributed by atoms with Crippen molar-refractivity contribution in [1.29, 1.82) is 0 Å². The first-order valence-electron chi connectivity index (χ1n) is 11.0.